The van der Waals surface area contributed by atoms with E-state index in [1.165, 1.54) is 0 Å². The van der Waals surface area contributed by atoms with Gasteiger partial charge in [-0.15, -0.1) is 0 Å². The first kappa shape index (κ1) is 46.2. The van der Waals surface area contributed by atoms with Gasteiger partial charge in [0.1, 0.15) is 32.3 Å². The molecule has 1 amide bonds. The second-order valence-electron chi connectivity index (χ2n) is 13.2. The second kappa shape index (κ2) is 28.2. The van der Waals surface area contributed by atoms with Gasteiger partial charge in [0.25, 0.3) is 0 Å². The molecule has 2 aromatic rings. The van der Waals surface area contributed by atoms with Crippen LogP contribution in [0.3, 0.4) is 0 Å². The fraction of sp³-hybridized carbons (Fsp3) is 0.650. The normalized spacial score (nSPS) is 13.1. The van der Waals surface area contributed by atoms with Gasteiger partial charge >= 0.3 is 12.1 Å². The summed E-state index contributed by atoms with van der Waals surface area (Å²) in [7, 11) is 1.62. The van der Waals surface area contributed by atoms with Gasteiger partial charge in [-0.05, 0) is 41.5 Å². The molecular formula is C40H63N2O13+. The van der Waals surface area contributed by atoms with Gasteiger partial charge in [-0.3, -0.25) is 0 Å². The number of unbranched alkanes of at least 4 members (excludes halogenated alkanes) is 1. The molecule has 310 valence electrons. The zero-order valence-electron chi connectivity index (χ0n) is 32.4. The molecule has 15 nitrogen and oxygen atoms in total. The van der Waals surface area contributed by atoms with E-state index in [9.17, 15) is 14.7 Å². The highest BCUT2D eigenvalue weighted by Crippen LogP contribution is 2.44. The van der Waals surface area contributed by atoms with Crippen molar-refractivity contribution in [2.75, 3.05) is 139 Å². The number of alkyl carbamates (subject to hydrolysis) is 1. The lowest BCUT2D eigenvalue weighted by molar-refractivity contribution is -0.929. The molecule has 15 heteroatoms. The molecule has 2 aromatic carbocycles. The third-order valence-electron chi connectivity index (χ3n) is 9.46. The van der Waals surface area contributed by atoms with Crippen molar-refractivity contribution in [3.05, 3.63) is 59.7 Å². The van der Waals surface area contributed by atoms with Crippen molar-refractivity contribution < 1.29 is 67.3 Å². The van der Waals surface area contributed by atoms with Crippen molar-refractivity contribution in [3.8, 4) is 11.1 Å². The van der Waals surface area contributed by atoms with Crippen LogP contribution in [0.25, 0.3) is 11.1 Å². The van der Waals surface area contributed by atoms with Gasteiger partial charge in [0.2, 0.25) is 0 Å². The predicted octanol–water partition coefficient (Wildman–Crippen LogP) is 2.70. The molecule has 0 aliphatic heterocycles. The van der Waals surface area contributed by atoms with E-state index >= 15 is 0 Å². The Morgan fingerprint density at radius 2 is 1.09 bits per heavy atom. The molecule has 1 atom stereocenters. The number of hydrogen-bond acceptors (Lipinski definition) is 12. The third kappa shape index (κ3) is 17.6. The highest BCUT2D eigenvalue weighted by atomic mass is 16.6. The van der Waals surface area contributed by atoms with Crippen LogP contribution in [0, 0.1) is 0 Å². The second-order valence-corrected chi connectivity index (χ2v) is 13.2. The first-order valence-corrected chi connectivity index (χ1v) is 19.3. The molecular weight excluding hydrogens is 716 g/mol. The average Bonchev–Trinajstić information content (AvgIpc) is 3.51. The lowest BCUT2D eigenvalue weighted by atomic mass is 9.98. The summed E-state index contributed by atoms with van der Waals surface area (Å²) in [5.74, 6) is -1.25. The highest BCUT2D eigenvalue weighted by Gasteiger charge is 2.31. The van der Waals surface area contributed by atoms with Gasteiger partial charge in [-0.25, -0.2) is 9.59 Å². The maximum Gasteiger partial charge on any atom is 0.407 e. The van der Waals surface area contributed by atoms with Crippen molar-refractivity contribution >= 4 is 12.1 Å². The lowest BCUT2D eigenvalue weighted by Gasteiger charge is -2.39. The van der Waals surface area contributed by atoms with Gasteiger partial charge in [0.05, 0.1) is 106 Å². The number of fused-ring (bicyclic) bond motifs is 3. The molecule has 1 aliphatic carbocycles. The number of nitrogens with one attached hydrogen (secondary N) is 1. The van der Waals surface area contributed by atoms with Crippen LogP contribution in [0.4, 0.5) is 4.79 Å². The zero-order valence-corrected chi connectivity index (χ0v) is 32.4. The topological polar surface area (TPSA) is 181 Å². The number of carboxylic acid groups (broad SMARTS) is 1. The maximum atomic E-state index is 12.9. The number of benzene rings is 2. The fourth-order valence-corrected chi connectivity index (χ4v) is 6.52. The molecule has 0 saturated heterocycles. The Bertz CT molecular complexity index is 1270. The molecule has 1 aliphatic rings. The van der Waals surface area contributed by atoms with Gasteiger partial charge in [0, 0.05) is 13.0 Å². The van der Waals surface area contributed by atoms with Gasteiger partial charge in [-0.2, -0.15) is 0 Å². The summed E-state index contributed by atoms with van der Waals surface area (Å²) in [5, 5.41) is 30.5. The summed E-state index contributed by atoms with van der Waals surface area (Å²) >= 11 is 0. The minimum absolute atomic E-state index is 0.0492. The van der Waals surface area contributed by atoms with Crippen LogP contribution in [0.1, 0.15) is 36.3 Å². The third-order valence-corrected chi connectivity index (χ3v) is 9.46. The monoisotopic (exact) mass is 779 g/mol. The molecule has 0 fully saturated rings. The molecule has 4 N–H and O–H groups in total. The maximum absolute atomic E-state index is 12.9. The summed E-state index contributed by atoms with van der Waals surface area (Å²) in [6, 6.07) is 15.0. The molecule has 0 heterocycles. The minimum atomic E-state index is -1.12. The Balaban J connectivity index is 1.56. The van der Waals surface area contributed by atoms with Crippen LogP contribution >= 0.6 is 0 Å². The summed E-state index contributed by atoms with van der Waals surface area (Å²) in [4.78, 5) is 25.2. The number of methoxy groups -OCH3 is 1. The predicted molar refractivity (Wildman–Crippen MR) is 204 cm³/mol. The van der Waals surface area contributed by atoms with Gasteiger partial charge < -0.3 is 63.0 Å². The number of aliphatic carboxylic acids is 1. The van der Waals surface area contributed by atoms with E-state index < -0.39 is 18.1 Å². The summed E-state index contributed by atoms with van der Waals surface area (Å²) < 4.78 is 45.1. The van der Waals surface area contributed by atoms with E-state index in [4.69, 9.17) is 48.1 Å². The smallest absolute Gasteiger partial charge is 0.407 e. The van der Waals surface area contributed by atoms with Gasteiger partial charge in [0.15, 0.2) is 0 Å². The number of ether oxygens (including phenoxy) is 8. The highest BCUT2D eigenvalue weighted by molar-refractivity contribution is 5.81. The van der Waals surface area contributed by atoms with Crippen LogP contribution in [0.15, 0.2) is 48.5 Å². The summed E-state index contributed by atoms with van der Waals surface area (Å²) in [5.41, 5.74) is 4.38. The first-order valence-electron chi connectivity index (χ1n) is 19.3. The molecule has 0 aromatic heterocycles. The molecule has 0 radical (unpaired) electrons. The molecule has 55 heavy (non-hydrogen) atoms. The number of quaternary nitrogens is 1. The van der Waals surface area contributed by atoms with Crippen molar-refractivity contribution in [1.82, 2.24) is 5.32 Å². The van der Waals surface area contributed by atoms with Crippen molar-refractivity contribution in [1.29, 1.82) is 0 Å². The number of aliphatic hydroxyl groups is 2. The number of carbonyl (C=O) groups excluding carboxylic acids is 1. The molecule has 0 unspecified atom stereocenters. The Morgan fingerprint density at radius 1 is 0.636 bits per heavy atom. The standard InChI is InChI=1S/C40H62N2O13/c1-48-24-25-54-31-28-51-21-16-42(14-19-49-26-29-52-22-17-43,15-20-50-27-30-53-23-18-44)13-7-6-12-38(39(45)46)41-40(47)55-32-37-35-10-4-2-8-33(35)34-9-3-5-11-36(34)37/h2-5,8-11,37-38,43-44H,6-7,12-32H2,1H3,(H-,41,45,46,47)/p+1/t38-/m0/s1. The largest absolute Gasteiger partial charge is 0.480 e. The number of amides is 1. The summed E-state index contributed by atoms with van der Waals surface area (Å²) in [6.45, 7) is 7.92. The van der Waals surface area contributed by atoms with E-state index in [-0.39, 0.29) is 45.4 Å². The SMILES string of the molecule is COCCOCCOCC[N+](CCCC[C@H](NC(=O)OCC1c2ccccc2-c2ccccc21)C(=O)O)(CCOCCOCCO)CCOCCOCCO. The van der Waals surface area contributed by atoms with Crippen molar-refractivity contribution in [2.24, 2.45) is 0 Å². The average molecular weight is 780 g/mol. The molecule has 0 bridgehead atoms. The van der Waals surface area contributed by atoms with Crippen LogP contribution in [0.5, 0.6) is 0 Å². The lowest BCUT2D eigenvalue weighted by Crippen LogP contribution is -2.54. The van der Waals surface area contributed by atoms with Crippen LogP contribution in [0.2, 0.25) is 0 Å². The fourth-order valence-electron chi connectivity index (χ4n) is 6.52. The Kier molecular flexibility index (Phi) is 23.7. The quantitative estimate of drug-likeness (QED) is 0.0603. The number of carbonyl (C=O) groups is 2. The van der Waals surface area contributed by atoms with E-state index in [0.29, 0.717) is 116 Å². The number of hydrogen-bond donors (Lipinski definition) is 4. The number of carboxylic acids is 1. The van der Waals surface area contributed by atoms with Crippen LogP contribution in [-0.4, -0.2) is 177 Å². The van der Waals surface area contributed by atoms with Crippen molar-refractivity contribution in [2.45, 2.75) is 31.2 Å². The number of rotatable bonds is 34. The Labute approximate surface area is 325 Å². The first-order chi connectivity index (χ1) is 26.9. The van der Waals surface area contributed by atoms with E-state index in [1.807, 2.05) is 36.4 Å². The van der Waals surface area contributed by atoms with Crippen molar-refractivity contribution in [3.63, 3.8) is 0 Å². The van der Waals surface area contributed by atoms with E-state index in [2.05, 4.69) is 17.4 Å². The number of aliphatic hydroxyl groups excluding tert-OH is 2. The van der Waals surface area contributed by atoms with Gasteiger partial charge in [-0.1, -0.05) is 48.5 Å². The Morgan fingerprint density at radius 3 is 1.56 bits per heavy atom. The minimum Gasteiger partial charge on any atom is -0.480 e. The molecule has 3 rings (SSSR count). The van der Waals surface area contributed by atoms with E-state index in [0.717, 1.165) is 22.3 Å². The molecule has 0 saturated carbocycles. The van der Waals surface area contributed by atoms with Crippen LogP contribution in [-0.2, 0) is 42.7 Å². The van der Waals surface area contributed by atoms with E-state index in [1.54, 1.807) is 7.11 Å². The summed E-state index contributed by atoms with van der Waals surface area (Å²) in [6.07, 6.45) is 0.686. The number of nitrogens with zero attached hydrogens (tertiary/aromatic N) is 1. The zero-order chi connectivity index (χ0) is 39.4. The van der Waals surface area contributed by atoms with Crippen LogP contribution < -0.4 is 5.32 Å². The molecule has 0 spiro atoms. The Hall–Kier alpha value is -3.22.